The van der Waals surface area contributed by atoms with Crippen LogP contribution >= 0.6 is 22.7 Å². The number of esters is 1. The number of anilines is 2. The number of carbonyl (C=O) groups is 3. The van der Waals surface area contributed by atoms with Gasteiger partial charge in [-0.2, -0.15) is 0 Å². The van der Waals surface area contributed by atoms with Gasteiger partial charge in [-0.3, -0.25) is 9.59 Å². The van der Waals surface area contributed by atoms with Crippen molar-refractivity contribution in [3.8, 4) is 0 Å². The van der Waals surface area contributed by atoms with Crippen molar-refractivity contribution in [1.82, 2.24) is 4.98 Å². The van der Waals surface area contributed by atoms with Crippen molar-refractivity contribution >= 4 is 50.6 Å². The Kier molecular flexibility index (Phi) is 5.87. The van der Waals surface area contributed by atoms with Crippen molar-refractivity contribution in [1.29, 1.82) is 0 Å². The van der Waals surface area contributed by atoms with E-state index in [1.54, 1.807) is 11.5 Å². The van der Waals surface area contributed by atoms with Gasteiger partial charge in [0, 0.05) is 16.8 Å². The third kappa shape index (κ3) is 4.34. The van der Waals surface area contributed by atoms with Crippen molar-refractivity contribution < 1.29 is 19.1 Å². The van der Waals surface area contributed by atoms with Gasteiger partial charge in [-0.05, 0) is 24.8 Å². The van der Waals surface area contributed by atoms with Crippen molar-refractivity contribution in [3.05, 3.63) is 39.7 Å². The Balaban J connectivity index is 1.57. The van der Waals surface area contributed by atoms with Crippen LogP contribution in [0.4, 0.5) is 10.1 Å². The first-order valence-electron chi connectivity index (χ1n) is 8.21. The van der Waals surface area contributed by atoms with E-state index < -0.39 is 24.4 Å². The van der Waals surface area contributed by atoms with Gasteiger partial charge in [-0.15, -0.1) is 29.3 Å². The van der Waals surface area contributed by atoms with Crippen LogP contribution in [0.25, 0.3) is 0 Å². The lowest BCUT2D eigenvalue weighted by atomic mass is 10.1. The molecule has 1 aliphatic rings. The van der Waals surface area contributed by atoms with E-state index in [0.717, 1.165) is 29.7 Å². The lowest BCUT2D eigenvalue weighted by Gasteiger charge is -2.06. The zero-order chi connectivity index (χ0) is 19.4. The SMILES string of the molecule is C=CCNc1nc(C(=O)OCC(=O)Nc2sc3c(c2C(N)=O)CCC3)cs1. The van der Waals surface area contributed by atoms with Gasteiger partial charge < -0.3 is 21.1 Å². The molecule has 8 nitrogen and oxygen atoms in total. The van der Waals surface area contributed by atoms with Gasteiger partial charge in [0.2, 0.25) is 0 Å². The number of primary amides is 1. The van der Waals surface area contributed by atoms with E-state index in [0.29, 0.717) is 22.2 Å². The molecule has 10 heteroatoms. The summed E-state index contributed by atoms with van der Waals surface area (Å²) < 4.78 is 4.99. The van der Waals surface area contributed by atoms with Gasteiger partial charge in [0.1, 0.15) is 5.00 Å². The minimum atomic E-state index is -0.697. The molecule has 3 rings (SSSR count). The minimum Gasteiger partial charge on any atom is -0.451 e. The topological polar surface area (TPSA) is 123 Å². The van der Waals surface area contributed by atoms with E-state index in [2.05, 4.69) is 22.2 Å². The molecule has 0 aromatic carbocycles. The third-order valence-corrected chi connectivity index (χ3v) is 5.87. The van der Waals surface area contributed by atoms with Gasteiger partial charge in [-0.25, -0.2) is 9.78 Å². The molecule has 2 amide bonds. The fourth-order valence-electron chi connectivity index (χ4n) is 2.73. The molecule has 0 saturated carbocycles. The summed E-state index contributed by atoms with van der Waals surface area (Å²) in [6, 6.07) is 0. The molecular formula is C17H18N4O4S2. The number of thiophene rings is 1. The van der Waals surface area contributed by atoms with Crippen molar-refractivity contribution in [2.45, 2.75) is 19.3 Å². The molecule has 0 atom stereocenters. The maximum absolute atomic E-state index is 12.1. The Hall–Kier alpha value is -2.72. The zero-order valence-corrected chi connectivity index (χ0v) is 16.0. The number of hydrogen-bond donors (Lipinski definition) is 3. The van der Waals surface area contributed by atoms with Crippen molar-refractivity contribution in [2.24, 2.45) is 5.73 Å². The molecule has 2 heterocycles. The van der Waals surface area contributed by atoms with Crippen LogP contribution in [0.3, 0.4) is 0 Å². The second kappa shape index (κ2) is 8.31. The lowest BCUT2D eigenvalue weighted by molar-refractivity contribution is -0.119. The molecular weight excluding hydrogens is 388 g/mol. The molecule has 0 spiro atoms. The minimum absolute atomic E-state index is 0.118. The van der Waals surface area contributed by atoms with E-state index in [4.69, 9.17) is 10.5 Å². The summed E-state index contributed by atoms with van der Waals surface area (Å²) in [5, 5.41) is 8.10. The smallest absolute Gasteiger partial charge is 0.358 e. The van der Waals surface area contributed by atoms with E-state index >= 15 is 0 Å². The standard InChI is InChI=1S/C17H18N4O4S2/c1-2-6-19-17-20-10(8-26-17)16(24)25-7-12(22)21-15-13(14(18)23)9-4-3-5-11(9)27-15/h2,8H,1,3-7H2,(H2,18,23)(H,19,20)(H,21,22). The number of rotatable bonds is 8. The van der Waals surface area contributed by atoms with Crippen LogP contribution in [0.2, 0.25) is 0 Å². The summed E-state index contributed by atoms with van der Waals surface area (Å²) in [5.41, 5.74) is 6.86. The van der Waals surface area contributed by atoms with Crippen LogP contribution in [0, 0.1) is 0 Å². The van der Waals surface area contributed by atoms with Gasteiger partial charge in [0.15, 0.2) is 17.4 Å². The molecule has 2 aromatic heterocycles. The third-order valence-electron chi connectivity index (χ3n) is 3.87. The average Bonchev–Trinajstić information content (AvgIpc) is 3.33. The van der Waals surface area contributed by atoms with Crippen molar-refractivity contribution in [3.63, 3.8) is 0 Å². The van der Waals surface area contributed by atoms with Gasteiger partial charge in [-0.1, -0.05) is 6.08 Å². The lowest BCUT2D eigenvalue weighted by Crippen LogP contribution is -2.22. The molecule has 2 aromatic rings. The summed E-state index contributed by atoms with van der Waals surface area (Å²) >= 11 is 2.60. The number of nitrogens with zero attached hydrogens (tertiary/aromatic N) is 1. The molecule has 0 bridgehead atoms. The number of aryl methyl sites for hydroxylation is 1. The van der Waals surface area contributed by atoms with Crippen molar-refractivity contribution in [2.75, 3.05) is 23.8 Å². The van der Waals surface area contributed by atoms with Gasteiger partial charge in [0.05, 0.1) is 5.56 Å². The molecule has 0 radical (unpaired) electrons. The molecule has 0 aliphatic heterocycles. The molecule has 1 aliphatic carbocycles. The van der Waals surface area contributed by atoms with Crippen LogP contribution in [0.15, 0.2) is 18.0 Å². The Morgan fingerprint density at radius 2 is 2.19 bits per heavy atom. The highest BCUT2D eigenvalue weighted by molar-refractivity contribution is 7.17. The molecule has 0 saturated heterocycles. The summed E-state index contributed by atoms with van der Waals surface area (Å²) in [5.74, 6) is -1.80. The Morgan fingerprint density at radius 3 is 2.93 bits per heavy atom. The predicted octanol–water partition coefficient (Wildman–Crippen LogP) is 2.19. The molecule has 0 unspecified atom stereocenters. The number of nitrogens with two attached hydrogens (primary N) is 1. The second-order valence-corrected chi connectivity index (χ2v) is 7.72. The highest BCUT2D eigenvalue weighted by atomic mass is 32.1. The van der Waals surface area contributed by atoms with Crippen LogP contribution < -0.4 is 16.4 Å². The summed E-state index contributed by atoms with van der Waals surface area (Å²) in [7, 11) is 0. The number of hydrogen-bond acceptors (Lipinski definition) is 8. The zero-order valence-electron chi connectivity index (χ0n) is 14.4. The first-order valence-corrected chi connectivity index (χ1v) is 9.90. The van der Waals surface area contributed by atoms with Crippen LogP contribution in [-0.2, 0) is 22.4 Å². The molecule has 142 valence electrons. The van der Waals surface area contributed by atoms with Crippen LogP contribution in [0.5, 0.6) is 0 Å². The van der Waals surface area contributed by atoms with Gasteiger partial charge >= 0.3 is 5.97 Å². The number of amides is 2. The van der Waals surface area contributed by atoms with E-state index in [-0.39, 0.29) is 5.69 Å². The monoisotopic (exact) mass is 406 g/mol. The van der Waals surface area contributed by atoms with Gasteiger partial charge in [0.25, 0.3) is 11.8 Å². The maximum atomic E-state index is 12.1. The first kappa shape index (κ1) is 19.1. The van der Waals surface area contributed by atoms with Crippen LogP contribution in [-0.4, -0.2) is 35.9 Å². The molecule has 0 fully saturated rings. The Bertz CT molecular complexity index is 903. The highest BCUT2D eigenvalue weighted by Gasteiger charge is 2.26. The number of aromatic nitrogens is 1. The fraction of sp³-hybridized carbons (Fsp3) is 0.294. The van der Waals surface area contributed by atoms with E-state index in [1.165, 1.54) is 22.7 Å². The number of ether oxygens (including phenoxy) is 1. The van der Waals surface area contributed by atoms with E-state index in [1.807, 2.05) is 0 Å². The molecule has 4 N–H and O–H groups in total. The predicted molar refractivity (Wildman–Crippen MR) is 105 cm³/mol. The normalized spacial score (nSPS) is 12.3. The second-order valence-electron chi connectivity index (χ2n) is 5.76. The summed E-state index contributed by atoms with van der Waals surface area (Å²) in [6.45, 7) is 3.63. The molecule has 27 heavy (non-hydrogen) atoms. The first-order chi connectivity index (χ1) is 13.0. The summed E-state index contributed by atoms with van der Waals surface area (Å²) in [6.07, 6.45) is 4.30. The Morgan fingerprint density at radius 1 is 1.37 bits per heavy atom. The number of nitrogens with one attached hydrogen (secondary N) is 2. The van der Waals surface area contributed by atoms with Crippen LogP contribution in [0.1, 0.15) is 37.7 Å². The quantitative estimate of drug-likeness (QED) is 0.456. The maximum Gasteiger partial charge on any atom is 0.358 e. The highest BCUT2D eigenvalue weighted by Crippen LogP contribution is 2.38. The largest absolute Gasteiger partial charge is 0.451 e. The number of fused-ring (bicyclic) bond motifs is 1. The summed E-state index contributed by atoms with van der Waals surface area (Å²) in [4.78, 5) is 41.0. The average molecular weight is 406 g/mol. The fourth-order valence-corrected chi connectivity index (χ4v) is 4.73. The van der Waals surface area contributed by atoms with E-state index in [9.17, 15) is 14.4 Å². The number of carbonyl (C=O) groups excluding carboxylic acids is 3. The number of thiazole rings is 1. The Labute approximate surface area is 163 Å².